The van der Waals surface area contributed by atoms with Crippen LogP contribution in [0.4, 0.5) is 4.39 Å². The normalized spacial score (nSPS) is 12.1. The summed E-state index contributed by atoms with van der Waals surface area (Å²) in [6, 6.07) is 2.54. The van der Waals surface area contributed by atoms with Gasteiger partial charge in [0.2, 0.25) is 0 Å². The summed E-state index contributed by atoms with van der Waals surface area (Å²) in [5.41, 5.74) is 0.430. The average Bonchev–Trinajstić information content (AvgIpc) is 2.23. The molecule has 92 valence electrons. The third-order valence-corrected chi connectivity index (χ3v) is 2.40. The van der Waals surface area contributed by atoms with Gasteiger partial charge in [-0.15, -0.1) is 6.58 Å². The fraction of sp³-hybridized carbons (Fsp3) is 0.333. The predicted octanol–water partition coefficient (Wildman–Crippen LogP) is 1.16. The molecule has 0 aromatic heterocycles. The highest BCUT2D eigenvalue weighted by Gasteiger charge is 2.20. The Morgan fingerprint density at radius 2 is 2.18 bits per heavy atom. The van der Waals surface area contributed by atoms with Gasteiger partial charge < -0.3 is 14.8 Å². The van der Waals surface area contributed by atoms with Gasteiger partial charge in [-0.05, 0) is 31.5 Å². The number of halogens is 1. The maximum Gasteiger partial charge on any atom is 0.492 e. The minimum Gasteiger partial charge on any atom is -0.491 e. The van der Waals surface area contributed by atoms with Crippen LogP contribution in [0.25, 0.3) is 0 Å². The van der Waals surface area contributed by atoms with Crippen molar-refractivity contribution in [3.05, 3.63) is 36.2 Å². The Morgan fingerprint density at radius 3 is 2.71 bits per heavy atom. The fourth-order valence-corrected chi connectivity index (χ4v) is 1.47. The summed E-state index contributed by atoms with van der Waals surface area (Å²) in [7, 11) is -1.75. The van der Waals surface area contributed by atoms with Crippen LogP contribution in [0.2, 0.25) is 0 Å². The van der Waals surface area contributed by atoms with Gasteiger partial charge in [0.1, 0.15) is 11.6 Å². The van der Waals surface area contributed by atoms with E-state index in [9.17, 15) is 4.39 Å². The van der Waals surface area contributed by atoms with Crippen LogP contribution in [0.15, 0.2) is 24.8 Å². The van der Waals surface area contributed by atoms with Gasteiger partial charge in [0.15, 0.2) is 0 Å². The van der Waals surface area contributed by atoms with Crippen molar-refractivity contribution in [2.75, 3.05) is 0 Å². The van der Waals surface area contributed by atoms with Gasteiger partial charge in [-0.3, -0.25) is 0 Å². The standard InChI is InChI=1S/C12H16BFO3/c1-4-5-9(3)17-12-6-8(2)11(14)7-10(12)13(15)16/h4,6-7,9,15-16H,1,5H2,2-3H3. The van der Waals surface area contributed by atoms with Crippen LogP contribution in [-0.4, -0.2) is 23.3 Å². The van der Waals surface area contributed by atoms with Gasteiger partial charge in [-0.1, -0.05) is 6.08 Å². The lowest BCUT2D eigenvalue weighted by molar-refractivity contribution is 0.226. The highest BCUT2D eigenvalue weighted by atomic mass is 19.1. The monoisotopic (exact) mass is 238 g/mol. The summed E-state index contributed by atoms with van der Waals surface area (Å²) >= 11 is 0. The number of benzene rings is 1. The Morgan fingerprint density at radius 1 is 1.53 bits per heavy atom. The molecule has 0 fully saturated rings. The lowest BCUT2D eigenvalue weighted by Crippen LogP contribution is -2.33. The van der Waals surface area contributed by atoms with Crippen molar-refractivity contribution in [1.29, 1.82) is 0 Å². The van der Waals surface area contributed by atoms with Gasteiger partial charge in [0.25, 0.3) is 0 Å². The zero-order valence-electron chi connectivity index (χ0n) is 9.98. The van der Waals surface area contributed by atoms with E-state index >= 15 is 0 Å². The third kappa shape index (κ3) is 3.58. The molecule has 1 aromatic rings. The molecule has 2 N–H and O–H groups in total. The molecule has 3 nitrogen and oxygen atoms in total. The van der Waals surface area contributed by atoms with E-state index in [0.717, 1.165) is 6.07 Å². The molecular formula is C12H16BFO3. The van der Waals surface area contributed by atoms with E-state index in [1.54, 1.807) is 13.0 Å². The molecule has 5 heteroatoms. The summed E-state index contributed by atoms with van der Waals surface area (Å²) in [6.07, 6.45) is 2.17. The first kappa shape index (κ1) is 13.7. The summed E-state index contributed by atoms with van der Waals surface area (Å²) in [5, 5.41) is 18.3. The molecule has 17 heavy (non-hydrogen) atoms. The van der Waals surface area contributed by atoms with E-state index in [-0.39, 0.29) is 17.3 Å². The molecule has 0 aliphatic heterocycles. The second-order valence-corrected chi connectivity index (χ2v) is 3.97. The fourth-order valence-electron chi connectivity index (χ4n) is 1.47. The van der Waals surface area contributed by atoms with Crippen molar-refractivity contribution in [1.82, 2.24) is 0 Å². The van der Waals surface area contributed by atoms with Crippen LogP contribution >= 0.6 is 0 Å². The topological polar surface area (TPSA) is 49.7 Å². The summed E-state index contributed by atoms with van der Waals surface area (Å²) in [5.74, 6) is -0.204. The van der Waals surface area contributed by atoms with E-state index in [1.807, 2.05) is 6.92 Å². The van der Waals surface area contributed by atoms with E-state index in [2.05, 4.69) is 6.58 Å². The first-order valence-corrected chi connectivity index (χ1v) is 5.39. The molecule has 0 bridgehead atoms. The molecule has 0 spiro atoms. The Balaban J connectivity index is 3.03. The van der Waals surface area contributed by atoms with Crippen LogP contribution in [-0.2, 0) is 0 Å². The molecule has 0 saturated carbocycles. The molecule has 1 rings (SSSR count). The number of hydrogen-bond donors (Lipinski definition) is 2. The number of hydrogen-bond acceptors (Lipinski definition) is 3. The van der Waals surface area contributed by atoms with Crippen LogP contribution in [0.3, 0.4) is 0 Å². The molecule has 0 saturated heterocycles. The van der Waals surface area contributed by atoms with Gasteiger partial charge in [-0.2, -0.15) is 0 Å². The predicted molar refractivity (Wildman–Crippen MR) is 65.9 cm³/mol. The average molecular weight is 238 g/mol. The molecule has 0 aliphatic carbocycles. The third-order valence-electron chi connectivity index (χ3n) is 2.40. The van der Waals surface area contributed by atoms with Crippen molar-refractivity contribution in [2.24, 2.45) is 0 Å². The molecule has 0 heterocycles. The van der Waals surface area contributed by atoms with Gasteiger partial charge in [0.05, 0.1) is 6.10 Å². The largest absolute Gasteiger partial charge is 0.492 e. The minimum atomic E-state index is -1.75. The van der Waals surface area contributed by atoms with E-state index in [0.29, 0.717) is 12.0 Å². The SMILES string of the molecule is C=CCC(C)Oc1cc(C)c(F)cc1B(O)O. The molecule has 1 atom stereocenters. The molecule has 1 unspecified atom stereocenters. The summed E-state index contributed by atoms with van der Waals surface area (Å²) in [6.45, 7) is 7.01. The van der Waals surface area contributed by atoms with Gasteiger partial charge >= 0.3 is 7.12 Å². The van der Waals surface area contributed by atoms with Gasteiger partial charge in [-0.25, -0.2) is 4.39 Å². The maximum atomic E-state index is 13.3. The number of aryl methyl sites for hydroxylation is 1. The molecule has 0 radical (unpaired) electrons. The maximum absolute atomic E-state index is 13.3. The molecule has 1 aromatic carbocycles. The van der Waals surface area contributed by atoms with E-state index < -0.39 is 12.9 Å². The Bertz CT molecular complexity index is 407. The Labute approximate surface area is 101 Å². The highest BCUT2D eigenvalue weighted by molar-refractivity contribution is 6.59. The number of ether oxygens (including phenoxy) is 1. The molecule has 0 amide bonds. The second-order valence-electron chi connectivity index (χ2n) is 3.97. The first-order chi connectivity index (χ1) is 7.95. The van der Waals surface area contributed by atoms with E-state index in [1.165, 1.54) is 6.07 Å². The quantitative estimate of drug-likeness (QED) is 0.597. The van der Waals surface area contributed by atoms with Crippen molar-refractivity contribution in [3.63, 3.8) is 0 Å². The lowest BCUT2D eigenvalue weighted by Gasteiger charge is -2.17. The van der Waals surface area contributed by atoms with Crippen LogP contribution in [0.5, 0.6) is 5.75 Å². The molecule has 0 aliphatic rings. The lowest BCUT2D eigenvalue weighted by atomic mass is 9.79. The van der Waals surface area contributed by atoms with E-state index in [4.69, 9.17) is 14.8 Å². The van der Waals surface area contributed by atoms with Gasteiger partial charge in [0, 0.05) is 11.9 Å². The van der Waals surface area contributed by atoms with Crippen LogP contribution < -0.4 is 10.2 Å². The van der Waals surface area contributed by atoms with Crippen LogP contribution in [0, 0.1) is 12.7 Å². The molecular weight excluding hydrogens is 222 g/mol. The number of rotatable bonds is 5. The van der Waals surface area contributed by atoms with Crippen molar-refractivity contribution >= 4 is 12.6 Å². The second kappa shape index (κ2) is 5.84. The Hall–Kier alpha value is -1.33. The van der Waals surface area contributed by atoms with Crippen molar-refractivity contribution in [3.8, 4) is 5.75 Å². The summed E-state index contributed by atoms with van der Waals surface area (Å²) in [4.78, 5) is 0. The summed E-state index contributed by atoms with van der Waals surface area (Å²) < 4.78 is 18.8. The zero-order valence-corrected chi connectivity index (χ0v) is 9.98. The van der Waals surface area contributed by atoms with Crippen LogP contribution in [0.1, 0.15) is 18.9 Å². The Kier molecular flexibility index (Phi) is 4.72. The van der Waals surface area contributed by atoms with Crippen molar-refractivity contribution < 1.29 is 19.2 Å². The van der Waals surface area contributed by atoms with Crippen molar-refractivity contribution in [2.45, 2.75) is 26.4 Å². The first-order valence-electron chi connectivity index (χ1n) is 5.39. The smallest absolute Gasteiger partial charge is 0.491 e. The minimum absolute atomic E-state index is 0.0315. The highest BCUT2D eigenvalue weighted by Crippen LogP contribution is 2.16. The zero-order chi connectivity index (χ0) is 13.0.